The topological polar surface area (TPSA) is 147 Å². The van der Waals surface area contributed by atoms with Crippen molar-refractivity contribution in [1.82, 2.24) is 15.4 Å². The molecule has 1 aromatic heterocycles. The van der Waals surface area contributed by atoms with E-state index in [2.05, 4.69) is 28.6 Å². The number of rotatable bonds is 2. The summed E-state index contributed by atoms with van der Waals surface area (Å²) in [6.07, 6.45) is 1.48. The summed E-state index contributed by atoms with van der Waals surface area (Å²) in [4.78, 5) is 0. The minimum Gasteiger partial charge on any atom is -0.264 e. The molecule has 108 valence electrons. The van der Waals surface area contributed by atoms with E-state index in [-0.39, 0.29) is 0 Å². The van der Waals surface area contributed by atoms with E-state index < -0.39 is 20.2 Å². The summed E-state index contributed by atoms with van der Waals surface area (Å²) in [5, 5.41) is 12.1. The molecule has 1 aromatic rings. The number of aromatic nitrogens is 3. The van der Waals surface area contributed by atoms with Crippen molar-refractivity contribution in [3.05, 3.63) is 41.4 Å². The average molecular weight is 332 g/mol. The molecule has 12 heteroatoms. The summed E-state index contributed by atoms with van der Waals surface area (Å²) in [7, 11) is -7.80. The fourth-order valence-electron chi connectivity index (χ4n) is 0.295. The second kappa shape index (κ2) is 9.52. The summed E-state index contributed by atoms with van der Waals surface area (Å²) in [6, 6.07) is 1.56. The Bertz CT molecular complexity index is 565. The van der Waals surface area contributed by atoms with Crippen molar-refractivity contribution >= 4 is 31.8 Å². The van der Waals surface area contributed by atoms with Gasteiger partial charge in [-0.05, 0) is 11.3 Å². The van der Waals surface area contributed by atoms with E-state index >= 15 is 0 Å². The van der Waals surface area contributed by atoms with Crippen LogP contribution < -0.4 is 0 Å². The fourth-order valence-corrected chi connectivity index (χ4v) is 0.521. The van der Waals surface area contributed by atoms with E-state index in [1.807, 2.05) is 0 Å². The van der Waals surface area contributed by atoms with Gasteiger partial charge in [-0.2, -0.15) is 8.42 Å². The Morgan fingerprint density at radius 1 is 1.16 bits per heavy atom. The second-order valence-electron chi connectivity index (χ2n) is 2.31. The average Bonchev–Trinajstić information content (AvgIpc) is 2.29. The molecule has 0 saturated carbocycles. The zero-order chi connectivity index (χ0) is 15.5. The lowest BCUT2D eigenvalue weighted by Crippen LogP contribution is -1.89. The van der Waals surface area contributed by atoms with Crippen LogP contribution in [0, 0.1) is 0 Å². The van der Waals surface area contributed by atoms with E-state index in [0.717, 1.165) is 10.8 Å². The molecule has 0 bridgehead atoms. The summed E-state index contributed by atoms with van der Waals surface area (Å²) < 4.78 is 51.8. The first-order chi connectivity index (χ1) is 8.52. The molecule has 0 unspecified atom stereocenters. The highest BCUT2D eigenvalue weighted by Gasteiger charge is 1.90. The second-order valence-corrected chi connectivity index (χ2v) is 5.44. The van der Waals surface area contributed by atoms with Gasteiger partial charge in [-0.3, -0.25) is 9.11 Å². The molecule has 19 heavy (non-hydrogen) atoms. The smallest absolute Gasteiger partial charge is 0.264 e. The molecular weight excluding hydrogens is 322 g/mol. The van der Waals surface area contributed by atoms with Crippen molar-refractivity contribution < 1.29 is 25.9 Å². The maximum Gasteiger partial charge on any atom is 0.394 e. The normalized spacial score (nSPS) is 10.1. The lowest BCUT2D eigenvalue weighted by Gasteiger charge is -1.78. The Balaban J connectivity index is 0. The van der Waals surface area contributed by atoms with Gasteiger partial charge in [0.25, 0.3) is 0 Å². The van der Waals surface area contributed by atoms with Gasteiger partial charge < -0.3 is 0 Å². The summed E-state index contributed by atoms with van der Waals surface area (Å²) >= 11 is 5.33. The van der Waals surface area contributed by atoms with Gasteiger partial charge >= 0.3 is 10.4 Å². The van der Waals surface area contributed by atoms with Crippen molar-refractivity contribution in [2.24, 2.45) is 0 Å². The summed E-state index contributed by atoms with van der Waals surface area (Å²) in [5.41, 5.74) is 0. The SMILES string of the molecule is C=CS(=O)(=O)C=C.Clc1ccnnn1.O=S(=O)(O)O. The first-order valence-electron chi connectivity index (χ1n) is 4.01. The third-order valence-electron chi connectivity index (χ3n) is 0.935. The van der Waals surface area contributed by atoms with Gasteiger partial charge in [0.2, 0.25) is 0 Å². The Morgan fingerprint density at radius 2 is 1.58 bits per heavy atom. The molecule has 9 nitrogen and oxygen atoms in total. The number of sulfone groups is 1. The number of halogens is 1. The van der Waals surface area contributed by atoms with Crippen LogP contribution in [0.4, 0.5) is 0 Å². The van der Waals surface area contributed by atoms with Gasteiger partial charge in [-0.25, -0.2) is 8.42 Å². The van der Waals surface area contributed by atoms with Crippen LogP contribution in [-0.2, 0) is 20.2 Å². The highest BCUT2D eigenvalue weighted by Crippen LogP contribution is 1.94. The van der Waals surface area contributed by atoms with Crippen LogP contribution in [0.5, 0.6) is 0 Å². The lowest BCUT2D eigenvalue weighted by atomic mass is 10.7. The molecular formula is C7H10ClN3O6S2. The summed E-state index contributed by atoms with van der Waals surface area (Å²) in [6.45, 7) is 6.09. The zero-order valence-corrected chi connectivity index (χ0v) is 11.7. The third kappa shape index (κ3) is 22.3. The number of hydrogen-bond acceptors (Lipinski definition) is 7. The Morgan fingerprint density at radius 3 is 1.68 bits per heavy atom. The standard InChI is InChI=1S/C4H6O2S.C3H2ClN3.H2O4S/c1-3-7(5,6)4-2;4-3-1-2-5-7-6-3;1-5(2,3)4/h3-4H,1-2H2;1-2H;(H2,1,2,3,4). The maximum absolute atomic E-state index is 10.1. The molecule has 0 fully saturated rings. The van der Waals surface area contributed by atoms with Gasteiger partial charge in [0.15, 0.2) is 15.0 Å². The minimum atomic E-state index is -4.67. The van der Waals surface area contributed by atoms with E-state index in [9.17, 15) is 8.42 Å². The Kier molecular flexibility index (Phi) is 9.99. The van der Waals surface area contributed by atoms with Crippen LogP contribution in [-0.4, -0.2) is 41.4 Å². The fraction of sp³-hybridized carbons (Fsp3) is 0. The van der Waals surface area contributed by atoms with Crippen molar-refractivity contribution in [2.45, 2.75) is 0 Å². The molecule has 2 N–H and O–H groups in total. The molecule has 0 radical (unpaired) electrons. The van der Waals surface area contributed by atoms with Gasteiger partial charge in [0.05, 0.1) is 6.20 Å². The molecule has 1 heterocycles. The third-order valence-corrected chi connectivity index (χ3v) is 2.07. The highest BCUT2D eigenvalue weighted by atomic mass is 35.5. The molecule has 0 atom stereocenters. The molecule has 0 aliphatic rings. The zero-order valence-electron chi connectivity index (χ0n) is 9.29. The van der Waals surface area contributed by atoms with Gasteiger partial charge in [0, 0.05) is 10.8 Å². The summed E-state index contributed by atoms with van der Waals surface area (Å²) in [5.74, 6) is 0. The van der Waals surface area contributed by atoms with E-state index in [4.69, 9.17) is 29.1 Å². The van der Waals surface area contributed by atoms with Crippen LogP contribution in [0.25, 0.3) is 0 Å². The van der Waals surface area contributed by atoms with Crippen LogP contribution >= 0.6 is 11.6 Å². The van der Waals surface area contributed by atoms with E-state index in [1.54, 1.807) is 6.07 Å². The molecule has 0 saturated heterocycles. The first kappa shape index (κ1) is 19.9. The highest BCUT2D eigenvalue weighted by molar-refractivity contribution is 7.97. The predicted octanol–water partition coefficient (Wildman–Crippen LogP) is 0.560. The number of nitrogens with zero attached hydrogens (tertiary/aromatic N) is 3. The van der Waals surface area contributed by atoms with Crippen molar-refractivity contribution in [3.63, 3.8) is 0 Å². The quantitative estimate of drug-likeness (QED) is 0.741. The van der Waals surface area contributed by atoms with Crippen LogP contribution in [0.2, 0.25) is 5.15 Å². The largest absolute Gasteiger partial charge is 0.394 e. The Hall–Kier alpha value is -1.40. The first-order valence-corrected chi connectivity index (χ1v) is 7.40. The predicted molar refractivity (Wildman–Crippen MR) is 68.3 cm³/mol. The van der Waals surface area contributed by atoms with Gasteiger partial charge in [-0.1, -0.05) is 24.8 Å². The van der Waals surface area contributed by atoms with E-state index in [0.29, 0.717) is 5.15 Å². The van der Waals surface area contributed by atoms with Crippen molar-refractivity contribution in [3.8, 4) is 0 Å². The van der Waals surface area contributed by atoms with Crippen molar-refractivity contribution in [2.75, 3.05) is 0 Å². The number of hydrogen-bond donors (Lipinski definition) is 2. The van der Waals surface area contributed by atoms with Crippen LogP contribution in [0.1, 0.15) is 0 Å². The molecule has 0 aliphatic carbocycles. The maximum atomic E-state index is 10.1. The van der Waals surface area contributed by atoms with Gasteiger partial charge in [-0.15, -0.1) is 10.2 Å². The molecule has 0 aliphatic heterocycles. The van der Waals surface area contributed by atoms with Crippen molar-refractivity contribution in [1.29, 1.82) is 0 Å². The monoisotopic (exact) mass is 331 g/mol. The molecule has 0 aromatic carbocycles. The van der Waals surface area contributed by atoms with E-state index in [1.165, 1.54) is 6.20 Å². The molecule has 0 spiro atoms. The molecule has 0 amide bonds. The molecule has 1 rings (SSSR count). The van der Waals surface area contributed by atoms with Crippen LogP contribution in [0.15, 0.2) is 36.2 Å². The van der Waals surface area contributed by atoms with Gasteiger partial charge in [0.1, 0.15) is 0 Å². The lowest BCUT2D eigenvalue weighted by molar-refractivity contribution is 0.381. The minimum absolute atomic E-state index is 0.370. The van der Waals surface area contributed by atoms with Crippen LogP contribution in [0.3, 0.4) is 0 Å². The Labute approximate surface area is 115 Å².